The van der Waals surface area contributed by atoms with Crippen LogP contribution in [0.1, 0.15) is 5.56 Å². The highest BCUT2D eigenvalue weighted by atomic mass is 29.3. The molecule has 0 spiro atoms. The predicted octanol–water partition coefficient (Wildman–Crippen LogP) is 6.98. The summed E-state index contributed by atoms with van der Waals surface area (Å²) >= 11 is 0. The molecule has 230 valence electrons. The Kier molecular flexibility index (Phi) is 8.54. The van der Waals surface area contributed by atoms with E-state index in [1.165, 1.54) is 37.1 Å². The van der Waals surface area contributed by atoms with Crippen LogP contribution >= 0.6 is 0 Å². The second-order valence-corrected chi connectivity index (χ2v) is 30.3. The number of rotatable bonds is 9. The molecule has 0 aliphatic carbocycles. The first-order valence-corrected chi connectivity index (χ1v) is 25.5. The van der Waals surface area contributed by atoms with E-state index in [-0.39, 0.29) is 0 Å². The van der Waals surface area contributed by atoms with Gasteiger partial charge in [-0.05, 0) is 22.0 Å². The zero-order valence-corrected chi connectivity index (χ0v) is 30.6. The summed E-state index contributed by atoms with van der Waals surface area (Å²) in [7, 11) is -7.24. The van der Waals surface area contributed by atoms with E-state index >= 15 is 0 Å². The lowest BCUT2D eigenvalue weighted by Crippen LogP contribution is -2.83. The van der Waals surface area contributed by atoms with Gasteiger partial charge in [-0.25, -0.2) is 0 Å². The zero-order valence-electron chi connectivity index (χ0n) is 27.6. The van der Waals surface area contributed by atoms with Crippen LogP contribution in [0.5, 0.6) is 0 Å². The zero-order chi connectivity index (χ0) is 32.3. The van der Waals surface area contributed by atoms with E-state index in [4.69, 9.17) is 0 Å². The van der Waals surface area contributed by atoms with E-state index in [9.17, 15) is 0 Å². The maximum atomic E-state index is 2.71. The van der Waals surface area contributed by atoms with Crippen LogP contribution in [0.15, 0.2) is 188 Å². The molecule has 0 aliphatic heterocycles. The Balaban J connectivity index is 1.56. The van der Waals surface area contributed by atoms with Gasteiger partial charge >= 0.3 is 0 Å². The van der Waals surface area contributed by atoms with Crippen LogP contribution in [0, 0.1) is 0 Å². The largest absolute Gasteiger partial charge is 0.119 e. The number of hydrogen-bond acceptors (Lipinski definition) is 0. The fourth-order valence-corrected chi connectivity index (χ4v) is 28.1. The van der Waals surface area contributed by atoms with E-state index in [1.807, 2.05) is 0 Å². The van der Waals surface area contributed by atoms with Crippen molar-refractivity contribution in [2.75, 3.05) is 0 Å². The van der Waals surface area contributed by atoms with Gasteiger partial charge in [0.2, 0.25) is 0 Å². The summed E-state index contributed by atoms with van der Waals surface area (Å²) in [6.07, 6.45) is 0. The molecule has 47 heavy (non-hydrogen) atoms. The van der Waals surface area contributed by atoms with Crippen molar-refractivity contribution in [3.8, 4) is 0 Å². The standard InChI is InChI=1S/C44H42Si3/c1-45(38-24-8-4-9-25-38,39-26-10-5-11-27-39)35-37-22-17-19-33-43(37)47(3,44-34-20-23-36-21-16-18-32-42(36)44)46(2,40-28-12-6-13-29-40)41-30-14-7-15-31-41/h4-34H,35H2,1-3H3. The highest BCUT2D eigenvalue weighted by molar-refractivity contribution is 7.59. The summed E-state index contributed by atoms with van der Waals surface area (Å²) in [4.78, 5) is 0. The molecular weight excluding hydrogens is 613 g/mol. The highest BCUT2D eigenvalue weighted by Crippen LogP contribution is 2.27. The Hall–Kier alpha value is -4.55. The number of hydrogen-bond donors (Lipinski definition) is 0. The molecule has 0 saturated heterocycles. The molecule has 7 aromatic rings. The Morgan fingerprint density at radius 3 is 1.30 bits per heavy atom. The van der Waals surface area contributed by atoms with E-state index in [2.05, 4.69) is 208 Å². The second kappa shape index (κ2) is 12.9. The molecule has 0 fully saturated rings. The summed E-state index contributed by atoms with van der Waals surface area (Å²) in [5.74, 6) is 0. The molecular formula is C44H42Si3. The van der Waals surface area contributed by atoms with E-state index in [0.29, 0.717) is 0 Å². The number of benzene rings is 7. The molecule has 0 amide bonds. The van der Waals surface area contributed by atoms with Crippen molar-refractivity contribution in [2.45, 2.75) is 25.7 Å². The van der Waals surface area contributed by atoms with E-state index in [1.54, 1.807) is 10.4 Å². The molecule has 0 aromatic heterocycles. The van der Waals surface area contributed by atoms with Crippen molar-refractivity contribution in [3.05, 3.63) is 194 Å². The Morgan fingerprint density at radius 2 is 0.745 bits per heavy atom. The second-order valence-electron chi connectivity index (χ2n) is 13.4. The van der Waals surface area contributed by atoms with Crippen LogP contribution in [-0.4, -0.2) is 23.3 Å². The molecule has 0 bridgehead atoms. The minimum atomic E-state index is -2.59. The summed E-state index contributed by atoms with van der Waals surface area (Å²) in [5, 5.41) is 11.9. The first-order valence-electron chi connectivity index (χ1n) is 16.7. The van der Waals surface area contributed by atoms with Crippen LogP contribution in [0.3, 0.4) is 0 Å². The molecule has 3 heteroatoms. The minimum absolute atomic E-state index is 1.05. The summed E-state index contributed by atoms with van der Waals surface area (Å²) in [6.45, 7) is 7.97. The molecule has 1 atom stereocenters. The Morgan fingerprint density at radius 1 is 0.340 bits per heavy atom. The monoisotopic (exact) mass is 654 g/mol. The fourth-order valence-electron chi connectivity index (χ4n) is 8.16. The van der Waals surface area contributed by atoms with Gasteiger partial charge < -0.3 is 0 Å². The maximum Gasteiger partial charge on any atom is 0.119 e. The van der Waals surface area contributed by atoms with Crippen molar-refractivity contribution in [1.29, 1.82) is 0 Å². The van der Waals surface area contributed by atoms with Gasteiger partial charge in [0, 0.05) is 0 Å². The van der Waals surface area contributed by atoms with Crippen LogP contribution < -0.4 is 31.1 Å². The lowest BCUT2D eigenvalue weighted by Gasteiger charge is -2.47. The summed E-state index contributed by atoms with van der Waals surface area (Å²) in [5.41, 5.74) is 1.52. The van der Waals surface area contributed by atoms with Crippen molar-refractivity contribution >= 4 is 65.1 Å². The maximum absolute atomic E-state index is 2.71. The van der Waals surface area contributed by atoms with Gasteiger partial charge in [-0.2, -0.15) is 0 Å². The van der Waals surface area contributed by atoms with E-state index in [0.717, 1.165) is 6.04 Å². The van der Waals surface area contributed by atoms with Gasteiger partial charge in [0.25, 0.3) is 0 Å². The van der Waals surface area contributed by atoms with Crippen molar-refractivity contribution in [3.63, 3.8) is 0 Å². The van der Waals surface area contributed by atoms with Gasteiger partial charge in [-0.15, -0.1) is 0 Å². The van der Waals surface area contributed by atoms with Gasteiger partial charge in [-0.1, -0.05) is 239 Å². The average Bonchev–Trinajstić information content (AvgIpc) is 3.15. The highest BCUT2D eigenvalue weighted by Gasteiger charge is 2.54. The summed E-state index contributed by atoms with van der Waals surface area (Å²) in [6, 6.07) is 72.5. The Labute approximate surface area is 283 Å². The molecule has 0 nitrogen and oxygen atoms in total. The van der Waals surface area contributed by atoms with Gasteiger partial charge in [-0.3, -0.25) is 0 Å². The van der Waals surface area contributed by atoms with Crippen LogP contribution in [-0.2, 0) is 6.04 Å². The van der Waals surface area contributed by atoms with Gasteiger partial charge in [0.1, 0.15) is 23.3 Å². The van der Waals surface area contributed by atoms with E-state index < -0.39 is 23.3 Å². The van der Waals surface area contributed by atoms with Crippen molar-refractivity contribution in [1.82, 2.24) is 0 Å². The quantitative estimate of drug-likeness (QED) is 0.148. The van der Waals surface area contributed by atoms with Crippen LogP contribution in [0.4, 0.5) is 0 Å². The predicted molar refractivity (Wildman–Crippen MR) is 213 cm³/mol. The SMILES string of the molecule is C[Si](Cc1ccccc1[Si](C)(c1cccc2ccccc12)[Si](C)(c1ccccc1)c1ccccc1)(c1ccccc1)c1ccccc1. The molecule has 1 unspecified atom stereocenters. The van der Waals surface area contributed by atoms with Crippen LogP contribution in [0.2, 0.25) is 19.6 Å². The molecule has 7 rings (SSSR count). The first kappa shape index (κ1) is 31.1. The van der Waals surface area contributed by atoms with Gasteiger partial charge in [0.15, 0.2) is 0 Å². The fraction of sp³-hybridized carbons (Fsp3) is 0.0909. The normalized spacial score (nSPS) is 13.3. The smallest absolute Gasteiger partial charge is 0.0628 e. The van der Waals surface area contributed by atoms with Crippen molar-refractivity contribution in [2.24, 2.45) is 0 Å². The molecule has 0 heterocycles. The molecule has 0 N–H and O–H groups in total. The molecule has 0 saturated carbocycles. The molecule has 0 aliphatic rings. The Bertz CT molecular complexity index is 2010. The minimum Gasteiger partial charge on any atom is -0.0628 e. The third kappa shape index (κ3) is 5.39. The topological polar surface area (TPSA) is 0 Å². The lowest BCUT2D eigenvalue weighted by atomic mass is 10.1. The summed E-state index contributed by atoms with van der Waals surface area (Å²) < 4.78 is 0. The lowest BCUT2D eigenvalue weighted by molar-refractivity contribution is 1.35. The molecule has 0 radical (unpaired) electrons. The van der Waals surface area contributed by atoms with Crippen LogP contribution in [0.25, 0.3) is 10.8 Å². The average molecular weight is 655 g/mol. The third-order valence-electron chi connectivity index (χ3n) is 11.0. The van der Waals surface area contributed by atoms with Crippen molar-refractivity contribution < 1.29 is 0 Å². The van der Waals surface area contributed by atoms with Gasteiger partial charge in [0.05, 0.1) is 0 Å². The first-order chi connectivity index (χ1) is 23.0. The number of fused-ring (bicyclic) bond motifs is 1. The third-order valence-corrected chi connectivity index (χ3v) is 32.7. The molecule has 7 aromatic carbocycles.